The maximum atomic E-state index is 14.2. The Morgan fingerprint density at radius 2 is 1.71 bits per heavy atom. The maximum absolute atomic E-state index is 14.2. The highest BCUT2D eigenvalue weighted by Crippen LogP contribution is 2.41. The van der Waals surface area contributed by atoms with Gasteiger partial charge in [-0.05, 0) is 68.7 Å². The lowest BCUT2D eigenvalue weighted by molar-refractivity contribution is -0.147. The molecular formula is C29H39N3O2. The molecule has 0 bridgehead atoms. The second-order valence-electron chi connectivity index (χ2n) is 10.3. The molecule has 34 heavy (non-hydrogen) atoms. The summed E-state index contributed by atoms with van der Waals surface area (Å²) in [6.45, 7) is 2.55. The first-order valence-corrected chi connectivity index (χ1v) is 12.9. The zero-order valence-corrected chi connectivity index (χ0v) is 20.6. The molecule has 2 fully saturated rings. The van der Waals surface area contributed by atoms with Crippen molar-refractivity contribution in [1.29, 1.82) is 0 Å². The molecule has 1 saturated heterocycles. The second kappa shape index (κ2) is 10.7. The second-order valence-corrected chi connectivity index (χ2v) is 10.3. The smallest absolute Gasteiger partial charge is 0.238 e. The molecule has 1 aliphatic heterocycles. The first-order chi connectivity index (χ1) is 16.4. The maximum Gasteiger partial charge on any atom is 0.238 e. The van der Waals surface area contributed by atoms with Crippen LogP contribution in [0.2, 0.25) is 0 Å². The molecule has 1 heterocycles. The summed E-state index contributed by atoms with van der Waals surface area (Å²) in [6, 6.07) is 19.2. The SMILES string of the molecule is CNC(C)(C(N)=O)[C@@H](C(=O)N1CCC[C@H]1c1cccc(Cc2ccccc2)c1)C1CCCCC1. The number of primary amides is 1. The van der Waals surface area contributed by atoms with Crippen LogP contribution in [0.5, 0.6) is 0 Å². The van der Waals surface area contributed by atoms with E-state index in [1.54, 1.807) is 7.05 Å². The summed E-state index contributed by atoms with van der Waals surface area (Å²) in [7, 11) is 1.75. The van der Waals surface area contributed by atoms with Gasteiger partial charge in [-0.2, -0.15) is 0 Å². The first-order valence-electron chi connectivity index (χ1n) is 12.9. The zero-order chi connectivity index (χ0) is 24.1. The number of benzene rings is 2. The Bertz CT molecular complexity index is 986. The summed E-state index contributed by atoms with van der Waals surface area (Å²) >= 11 is 0. The van der Waals surface area contributed by atoms with Crippen molar-refractivity contribution in [2.75, 3.05) is 13.6 Å². The summed E-state index contributed by atoms with van der Waals surface area (Å²) in [5, 5.41) is 3.15. The van der Waals surface area contributed by atoms with Gasteiger partial charge >= 0.3 is 0 Å². The largest absolute Gasteiger partial charge is 0.368 e. The third-order valence-corrected chi connectivity index (χ3v) is 8.16. The van der Waals surface area contributed by atoms with Gasteiger partial charge < -0.3 is 16.0 Å². The number of nitrogens with two attached hydrogens (primary N) is 1. The van der Waals surface area contributed by atoms with Crippen molar-refractivity contribution in [2.24, 2.45) is 17.6 Å². The van der Waals surface area contributed by atoms with Crippen LogP contribution in [0.3, 0.4) is 0 Å². The molecule has 4 rings (SSSR count). The van der Waals surface area contributed by atoms with Gasteiger partial charge in [0.25, 0.3) is 0 Å². The molecular weight excluding hydrogens is 422 g/mol. The Morgan fingerprint density at radius 1 is 1.00 bits per heavy atom. The van der Waals surface area contributed by atoms with Crippen LogP contribution in [-0.4, -0.2) is 35.8 Å². The van der Waals surface area contributed by atoms with E-state index in [0.29, 0.717) is 0 Å². The highest BCUT2D eigenvalue weighted by Gasteiger charge is 2.50. The fourth-order valence-corrected chi connectivity index (χ4v) is 6.12. The van der Waals surface area contributed by atoms with Crippen molar-refractivity contribution in [3.63, 3.8) is 0 Å². The highest BCUT2D eigenvalue weighted by molar-refractivity contribution is 5.93. The summed E-state index contributed by atoms with van der Waals surface area (Å²) in [4.78, 5) is 28.8. The molecule has 5 nitrogen and oxygen atoms in total. The van der Waals surface area contributed by atoms with Gasteiger partial charge in [0.1, 0.15) is 5.54 Å². The van der Waals surface area contributed by atoms with E-state index in [4.69, 9.17) is 5.73 Å². The summed E-state index contributed by atoms with van der Waals surface area (Å²) in [5.74, 6) is -0.627. The Kier molecular flexibility index (Phi) is 7.72. The van der Waals surface area contributed by atoms with E-state index >= 15 is 0 Å². The number of likely N-dealkylation sites (N-methyl/N-ethyl adjacent to an activating group) is 1. The number of rotatable bonds is 8. The van der Waals surface area contributed by atoms with E-state index in [1.807, 2.05) is 17.9 Å². The number of amides is 2. The minimum absolute atomic E-state index is 0.0447. The van der Waals surface area contributed by atoms with E-state index in [2.05, 4.69) is 53.8 Å². The van der Waals surface area contributed by atoms with Gasteiger partial charge in [-0.15, -0.1) is 0 Å². The Labute approximate surface area is 204 Å². The van der Waals surface area contributed by atoms with Crippen molar-refractivity contribution in [1.82, 2.24) is 10.2 Å². The van der Waals surface area contributed by atoms with Crippen LogP contribution < -0.4 is 11.1 Å². The molecule has 2 aromatic rings. The molecule has 182 valence electrons. The molecule has 5 heteroatoms. The monoisotopic (exact) mass is 461 g/mol. The van der Waals surface area contributed by atoms with Crippen LogP contribution >= 0.6 is 0 Å². The lowest BCUT2D eigenvalue weighted by atomic mass is 9.69. The number of hydrogen-bond donors (Lipinski definition) is 2. The van der Waals surface area contributed by atoms with Crippen LogP contribution in [0.15, 0.2) is 54.6 Å². The highest BCUT2D eigenvalue weighted by atomic mass is 16.2. The predicted molar refractivity (Wildman–Crippen MR) is 136 cm³/mol. The third kappa shape index (κ3) is 5.05. The molecule has 2 amide bonds. The van der Waals surface area contributed by atoms with Gasteiger partial charge in [-0.1, -0.05) is 73.9 Å². The summed E-state index contributed by atoms with van der Waals surface area (Å²) in [6.07, 6.45) is 8.17. The van der Waals surface area contributed by atoms with Crippen LogP contribution in [-0.2, 0) is 16.0 Å². The van der Waals surface area contributed by atoms with E-state index in [1.165, 1.54) is 23.1 Å². The van der Waals surface area contributed by atoms with Crippen molar-refractivity contribution in [3.05, 3.63) is 71.3 Å². The first kappa shape index (κ1) is 24.5. The number of hydrogen-bond acceptors (Lipinski definition) is 3. The lowest BCUT2D eigenvalue weighted by Crippen LogP contribution is -2.63. The molecule has 3 atom stereocenters. The van der Waals surface area contributed by atoms with Gasteiger partial charge in [-0.25, -0.2) is 0 Å². The Balaban J connectivity index is 1.61. The van der Waals surface area contributed by atoms with E-state index < -0.39 is 17.4 Å². The molecule has 0 aromatic heterocycles. The van der Waals surface area contributed by atoms with Crippen molar-refractivity contribution in [2.45, 2.75) is 69.9 Å². The van der Waals surface area contributed by atoms with Crippen LogP contribution in [0.1, 0.15) is 74.6 Å². The molecule has 3 N–H and O–H groups in total. The van der Waals surface area contributed by atoms with E-state index in [0.717, 1.165) is 51.5 Å². The molecule has 1 saturated carbocycles. The Morgan fingerprint density at radius 3 is 2.38 bits per heavy atom. The third-order valence-electron chi connectivity index (χ3n) is 8.16. The average molecular weight is 462 g/mol. The van der Waals surface area contributed by atoms with Gasteiger partial charge in [0.05, 0.1) is 12.0 Å². The normalized spacial score (nSPS) is 21.7. The van der Waals surface area contributed by atoms with Crippen molar-refractivity contribution in [3.8, 4) is 0 Å². The Hall–Kier alpha value is -2.66. The molecule has 2 aliphatic rings. The lowest BCUT2D eigenvalue weighted by Gasteiger charge is -2.43. The quantitative estimate of drug-likeness (QED) is 0.603. The molecule has 0 spiro atoms. The number of likely N-dealkylation sites (tertiary alicyclic amines) is 1. The minimum atomic E-state index is -1.05. The molecule has 1 aliphatic carbocycles. The number of nitrogens with zero attached hydrogens (tertiary/aromatic N) is 1. The van der Waals surface area contributed by atoms with E-state index in [-0.39, 0.29) is 17.9 Å². The van der Waals surface area contributed by atoms with E-state index in [9.17, 15) is 9.59 Å². The van der Waals surface area contributed by atoms with Crippen LogP contribution in [0.4, 0.5) is 0 Å². The van der Waals surface area contributed by atoms with Gasteiger partial charge in [0.15, 0.2) is 0 Å². The molecule has 2 aromatic carbocycles. The fourth-order valence-electron chi connectivity index (χ4n) is 6.12. The molecule has 0 radical (unpaired) electrons. The number of carbonyl (C=O) groups is 2. The fraction of sp³-hybridized carbons (Fsp3) is 0.517. The van der Waals surface area contributed by atoms with Crippen molar-refractivity contribution >= 4 is 11.8 Å². The summed E-state index contributed by atoms with van der Waals surface area (Å²) < 4.78 is 0. The van der Waals surface area contributed by atoms with Crippen molar-refractivity contribution < 1.29 is 9.59 Å². The predicted octanol–water partition coefficient (Wildman–Crippen LogP) is 4.60. The summed E-state index contributed by atoms with van der Waals surface area (Å²) in [5.41, 5.74) is 8.56. The number of nitrogens with one attached hydrogen (secondary N) is 1. The number of carbonyl (C=O) groups excluding carboxylic acids is 2. The average Bonchev–Trinajstić information content (AvgIpc) is 3.35. The van der Waals surface area contributed by atoms with Crippen LogP contribution in [0, 0.1) is 11.8 Å². The zero-order valence-electron chi connectivity index (χ0n) is 20.6. The van der Waals surface area contributed by atoms with Gasteiger partial charge in [0.2, 0.25) is 11.8 Å². The minimum Gasteiger partial charge on any atom is -0.368 e. The van der Waals surface area contributed by atoms with Gasteiger partial charge in [0, 0.05) is 6.54 Å². The van der Waals surface area contributed by atoms with Crippen LogP contribution in [0.25, 0.3) is 0 Å². The molecule has 1 unspecified atom stereocenters. The topological polar surface area (TPSA) is 75.4 Å². The van der Waals surface area contributed by atoms with Gasteiger partial charge in [-0.3, -0.25) is 9.59 Å². The standard InChI is InChI=1S/C29H39N3O2/c1-29(31-2,28(30)34)26(23-14-7-4-8-15-23)27(33)32-18-10-17-25(32)24-16-9-13-22(20-24)19-21-11-5-3-6-12-21/h3,5-6,9,11-13,16,20,23,25-26,31H,4,7-8,10,14-15,17-19H2,1-2H3,(H2,30,34)/t25-,26+,29?/m0/s1.